The molecule has 0 aromatic heterocycles. The third kappa shape index (κ3) is 1.29. The van der Waals surface area contributed by atoms with E-state index < -0.39 is 12.0 Å². The molecule has 4 heteroatoms. The van der Waals surface area contributed by atoms with Gasteiger partial charge in [0.05, 0.1) is 0 Å². The number of carboxylic acids is 1. The second-order valence-electron chi connectivity index (χ2n) is 4.34. The van der Waals surface area contributed by atoms with Gasteiger partial charge in [0.2, 0.25) is 5.91 Å². The average Bonchev–Trinajstić information content (AvgIpc) is 2.30. The largest absolute Gasteiger partial charge is 0.480 e. The van der Waals surface area contributed by atoms with Gasteiger partial charge in [0.25, 0.3) is 0 Å². The highest BCUT2D eigenvalue weighted by Gasteiger charge is 2.45. The highest BCUT2D eigenvalue weighted by Crippen LogP contribution is 2.40. The van der Waals surface area contributed by atoms with Crippen LogP contribution < -0.4 is 0 Å². The molecule has 2 unspecified atom stereocenters. The van der Waals surface area contributed by atoms with Crippen molar-refractivity contribution in [2.75, 3.05) is 7.05 Å². The van der Waals surface area contributed by atoms with E-state index in [4.69, 9.17) is 5.11 Å². The number of hydrogen-bond donors (Lipinski definition) is 1. The predicted octanol–water partition coefficient (Wildman–Crippen LogP) is 0.718. The molecular weight excluding hydrogens is 182 g/mol. The number of carboxylic acid groups (broad SMARTS) is 1. The summed E-state index contributed by atoms with van der Waals surface area (Å²) in [4.78, 5) is 23.9. The Balaban J connectivity index is 2.08. The number of carbonyl (C=O) groups excluding carboxylic acids is 1. The Labute approximate surface area is 82.9 Å². The third-order valence-corrected chi connectivity index (χ3v) is 3.61. The number of amides is 1. The first-order valence-corrected chi connectivity index (χ1v) is 5.10. The van der Waals surface area contributed by atoms with Gasteiger partial charge in [0.1, 0.15) is 6.04 Å². The van der Waals surface area contributed by atoms with Crippen LogP contribution in [0.5, 0.6) is 0 Å². The van der Waals surface area contributed by atoms with Crippen LogP contribution in [0.2, 0.25) is 0 Å². The Bertz CT molecular complexity index is 273. The monoisotopic (exact) mass is 197 g/mol. The second kappa shape index (κ2) is 3.26. The van der Waals surface area contributed by atoms with Crippen molar-refractivity contribution in [3.8, 4) is 0 Å². The van der Waals surface area contributed by atoms with E-state index in [1.165, 1.54) is 11.3 Å². The van der Waals surface area contributed by atoms with Crippen LogP contribution in [0.4, 0.5) is 0 Å². The molecule has 1 aliphatic carbocycles. The fraction of sp³-hybridized carbons (Fsp3) is 0.800. The summed E-state index contributed by atoms with van der Waals surface area (Å²) in [5, 5.41) is 8.90. The van der Waals surface area contributed by atoms with Gasteiger partial charge >= 0.3 is 5.97 Å². The molecule has 1 heterocycles. The molecule has 0 bridgehead atoms. The molecule has 2 fully saturated rings. The molecule has 1 aliphatic heterocycles. The fourth-order valence-electron chi connectivity index (χ4n) is 2.42. The van der Waals surface area contributed by atoms with Crippen molar-refractivity contribution >= 4 is 11.9 Å². The highest BCUT2D eigenvalue weighted by atomic mass is 16.4. The van der Waals surface area contributed by atoms with Gasteiger partial charge in [-0.3, -0.25) is 4.79 Å². The topological polar surface area (TPSA) is 57.6 Å². The Kier molecular flexibility index (Phi) is 2.21. The van der Waals surface area contributed by atoms with E-state index in [1.807, 2.05) is 0 Å². The van der Waals surface area contributed by atoms with E-state index in [0.717, 1.165) is 12.8 Å². The lowest BCUT2D eigenvalue weighted by Gasteiger charge is -2.29. The zero-order valence-electron chi connectivity index (χ0n) is 8.27. The summed E-state index contributed by atoms with van der Waals surface area (Å²) < 4.78 is 0. The van der Waals surface area contributed by atoms with Gasteiger partial charge < -0.3 is 10.0 Å². The van der Waals surface area contributed by atoms with Crippen LogP contribution in [0.15, 0.2) is 0 Å². The number of rotatable bonds is 2. The molecule has 1 amide bonds. The lowest BCUT2D eigenvalue weighted by molar-refractivity contribution is -0.145. The Morgan fingerprint density at radius 2 is 2.14 bits per heavy atom. The molecule has 2 rings (SSSR count). The maximum absolute atomic E-state index is 11.7. The standard InChI is InChI=1S/C10H15NO3/c1-11-8(10(13)14)5-7(9(11)12)6-3-2-4-6/h6-8H,2-5H2,1H3,(H,13,14). The summed E-state index contributed by atoms with van der Waals surface area (Å²) in [7, 11) is 1.60. The Morgan fingerprint density at radius 1 is 1.50 bits per heavy atom. The smallest absolute Gasteiger partial charge is 0.326 e. The summed E-state index contributed by atoms with van der Waals surface area (Å²) in [6.45, 7) is 0. The van der Waals surface area contributed by atoms with E-state index >= 15 is 0 Å². The summed E-state index contributed by atoms with van der Waals surface area (Å²) in [5.41, 5.74) is 0. The van der Waals surface area contributed by atoms with Crippen LogP contribution in [-0.2, 0) is 9.59 Å². The van der Waals surface area contributed by atoms with Crippen LogP contribution >= 0.6 is 0 Å². The Morgan fingerprint density at radius 3 is 2.50 bits per heavy atom. The minimum atomic E-state index is -0.873. The fourth-order valence-corrected chi connectivity index (χ4v) is 2.42. The van der Waals surface area contributed by atoms with Crippen LogP contribution in [0.1, 0.15) is 25.7 Å². The molecule has 14 heavy (non-hydrogen) atoms. The van der Waals surface area contributed by atoms with E-state index in [-0.39, 0.29) is 11.8 Å². The molecule has 0 aromatic rings. The first-order chi connectivity index (χ1) is 6.61. The summed E-state index contributed by atoms with van der Waals surface area (Å²) in [6, 6.07) is -0.590. The third-order valence-electron chi connectivity index (χ3n) is 3.61. The second-order valence-corrected chi connectivity index (χ2v) is 4.34. The van der Waals surface area contributed by atoms with Gasteiger partial charge in [-0.15, -0.1) is 0 Å². The molecule has 2 aliphatic rings. The Hall–Kier alpha value is -1.06. The van der Waals surface area contributed by atoms with Crippen molar-refractivity contribution in [1.82, 2.24) is 4.90 Å². The number of likely N-dealkylation sites (N-methyl/N-ethyl adjacent to an activating group) is 1. The molecule has 1 saturated carbocycles. The maximum atomic E-state index is 11.7. The van der Waals surface area contributed by atoms with Crippen LogP contribution in [0.3, 0.4) is 0 Å². The number of nitrogens with zero attached hydrogens (tertiary/aromatic N) is 1. The minimum absolute atomic E-state index is 0.0187. The van der Waals surface area contributed by atoms with Crippen LogP contribution in [0, 0.1) is 11.8 Å². The summed E-state index contributed by atoms with van der Waals surface area (Å²) in [6.07, 6.45) is 3.89. The van der Waals surface area contributed by atoms with Gasteiger partial charge in [-0.2, -0.15) is 0 Å². The average molecular weight is 197 g/mol. The van der Waals surface area contributed by atoms with Crippen molar-refractivity contribution in [2.24, 2.45) is 11.8 Å². The minimum Gasteiger partial charge on any atom is -0.480 e. The molecule has 78 valence electrons. The lowest BCUT2D eigenvalue weighted by atomic mass is 9.75. The zero-order valence-corrected chi connectivity index (χ0v) is 8.27. The van der Waals surface area contributed by atoms with Crippen LogP contribution in [0.25, 0.3) is 0 Å². The van der Waals surface area contributed by atoms with Crippen molar-refractivity contribution in [2.45, 2.75) is 31.7 Å². The van der Waals surface area contributed by atoms with Gasteiger partial charge in [0, 0.05) is 13.0 Å². The van der Waals surface area contributed by atoms with Crippen molar-refractivity contribution in [3.05, 3.63) is 0 Å². The summed E-state index contributed by atoms with van der Waals surface area (Å²) >= 11 is 0. The molecule has 0 radical (unpaired) electrons. The molecule has 1 N–H and O–H groups in total. The summed E-state index contributed by atoms with van der Waals surface area (Å²) in [5.74, 6) is -0.408. The normalized spacial score (nSPS) is 33.2. The van der Waals surface area contributed by atoms with Gasteiger partial charge in [-0.25, -0.2) is 4.79 Å². The van der Waals surface area contributed by atoms with Crippen LogP contribution in [-0.4, -0.2) is 35.0 Å². The van der Waals surface area contributed by atoms with E-state index in [1.54, 1.807) is 7.05 Å². The highest BCUT2D eigenvalue weighted by molar-refractivity contribution is 5.89. The maximum Gasteiger partial charge on any atom is 0.326 e. The molecule has 4 nitrogen and oxygen atoms in total. The number of hydrogen-bond acceptors (Lipinski definition) is 2. The SMILES string of the molecule is CN1C(=O)C(C2CCC2)CC1C(=O)O. The lowest BCUT2D eigenvalue weighted by Crippen LogP contribution is -2.36. The number of likely N-dealkylation sites (tertiary alicyclic amines) is 1. The molecular formula is C10H15NO3. The van der Waals surface area contributed by atoms with Gasteiger partial charge in [0.15, 0.2) is 0 Å². The quantitative estimate of drug-likeness (QED) is 0.709. The van der Waals surface area contributed by atoms with Gasteiger partial charge in [-0.05, 0) is 25.2 Å². The van der Waals surface area contributed by atoms with E-state index in [9.17, 15) is 9.59 Å². The molecule has 2 atom stereocenters. The van der Waals surface area contributed by atoms with Crippen molar-refractivity contribution in [3.63, 3.8) is 0 Å². The van der Waals surface area contributed by atoms with Crippen molar-refractivity contribution < 1.29 is 14.7 Å². The first-order valence-electron chi connectivity index (χ1n) is 5.10. The molecule has 0 spiro atoms. The van der Waals surface area contributed by atoms with E-state index in [2.05, 4.69) is 0 Å². The number of aliphatic carboxylic acids is 1. The van der Waals surface area contributed by atoms with Gasteiger partial charge in [-0.1, -0.05) is 6.42 Å². The first kappa shape index (κ1) is 9.49. The number of carbonyl (C=O) groups is 2. The van der Waals surface area contributed by atoms with Crippen molar-refractivity contribution in [1.29, 1.82) is 0 Å². The zero-order chi connectivity index (χ0) is 10.3. The predicted molar refractivity (Wildman–Crippen MR) is 49.6 cm³/mol. The molecule has 0 aromatic carbocycles. The van der Waals surface area contributed by atoms with E-state index in [0.29, 0.717) is 12.3 Å². The molecule has 1 saturated heterocycles.